The van der Waals surface area contributed by atoms with E-state index in [1.807, 2.05) is 32.0 Å². The first-order valence-corrected chi connectivity index (χ1v) is 15.3. The number of carbonyl (C=O) groups excluding carboxylic acids is 3. The van der Waals surface area contributed by atoms with Crippen molar-refractivity contribution in [3.63, 3.8) is 0 Å². The van der Waals surface area contributed by atoms with Crippen LogP contribution < -0.4 is 21.1 Å². The molecule has 1 aliphatic heterocycles. The fourth-order valence-corrected chi connectivity index (χ4v) is 6.30. The highest BCUT2D eigenvalue weighted by Gasteiger charge is 2.52. The van der Waals surface area contributed by atoms with E-state index in [2.05, 4.69) is 26.0 Å². The van der Waals surface area contributed by atoms with Crippen LogP contribution in [-0.2, 0) is 14.4 Å². The first kappa shape index (κ1) is 33.6. The van der Waals surface area contributed by atoms with Crippen molar-refractivity contribution >= 4 is 29.3 Å². The number of halogens is 1. The van der Waals surface area contributed by atoms with Crippen molar-refractivity contribution in [1.29, 1.82) is 0 Å². The normalized spacial score (nSPS) is 17.1. The van der Waals surface area contributed by atoms with Gasteiger partial charge in [-0.25, -0.2) is 15.6 Å². The largest absolute Gasteiger partial charge is 0.450 e. The summed E-state index contributed by atoms with van der Waals surface area (Å²) in [6.07, 6.45) is 2.13. The molecule has 0 bridgehead atoms. The lowest BCUT2D eigenvalue weighted by Crippen LogP contribution is -2.57. The fraction of sp³-hybridized carbons (Fsp3) is 0.438. The molecule has 240 valence electrons. The number of hydrogen-bond acceptors (Lipinski definition) is 8. The number of carbonyl (C=O) groups is 3. The molecule has 0 radical (unpaired) electrons. The molecule has 1 aromatic carbocycles. The summed E-state index contributed by atoms with van der Waals surface area (Å²) in [6, 6.07) is 10.1. The second-order valence-corrected chi connectivity index (χ2v) is 11.6. The summed E-state index contributed by atoms with van der Waals surface area (Å²) >= 11 is 6.33. The van der Waals surface area contributed by atoms with Crippen LogP contribution in [-0.4, -0.2) is 57.0 Å². The van der Waals surface area contributed by atoms with E-state index in [1.54, 1.807) is 31.7 Å². The molecule has 1 aliphatic rings. The van der Waals surface area contributed by atoms with E-state index in [0.717, 1.165) is 5.56 Å². The highest BCUT2D eigenvalue weighted by atomic mass is 35.5. The van der Waals surface area contributed by atoms with Gasteiger partial charge in [-0.15, -0.1) is 0 Å². The fourth-order valence-electron chi connectivity index (χ4n) is 6.10. The van der Waals surface area contributed by atoms with Crippen molar-refractivity contribution in [2.24, 2.45) is 5.41 Å². The molecule has 0 saturated carbocycles. The van der Waals surface area contributed by atoms with Gasteiger partial charge in [-0.05, 0) is 76.3 Å². The molecule has 45 heavy (non-hydrogen) atoms. The minimum atomic E-state index is -0.951. The van der Waals surface area contributed by atoms with Crippen LogP contribution in [0.15, 0.2) is 47.3 Å². The Balaban J connectivity index is 1.60. The van der Waals surface area contributed by atoms with Gasteiger partial charge in [-0.1, -0.05) is 37.6 Å². The van der Waals surface area contributed by atoms with Crippen molar-refractivity contribution in [3.8, 4) is 11.5 Å². The van der Waals surface area contributed by atoms with Gasteiger partial charge in [0, 0.05) is 17.1 Å². The molecule has 13 heteroatoms. The van der Waals surface area contributed by atoms with Gasteiger partial charge < -0.3 is 15.0 Å². The van der Waals surface area contributed by atoms with Crippen LogP contribution in [0.5, 0.6) is 11.5 Å². The second kappa shape index (κ2) is 14.2. The number of hydrogen-bond donors (Lipinski definition) is 3. The summed E-state index contributed by atoms with van der Waals surface area (Å²) in [5.74, 6) is -0.857. The third-order valence-electron chi connectivity index (χ3n) is 8.53. The van der Waals surface area contributed by atoms with E-state index in [4.69, 9.17) is 21.2 Å². The van der Waals surface area contributed by atoms with E-state index in [-0.39, 0.29) is 29.3 Å². The van der Waals surface area contributed by atoms with Gasteiger partial charge in [-0.3, -0.25) is 24.0 Å². The molecular weight excluding hydrogens is 600 g/mol. The highest BCUT2D eigenvalue weighted by Crippen LogP contribution is 2.47. The van der Waals surface area contributed by atoms with Crippen molar-refractivity contribution in [2.75, 3.05) is 7.11 Å². The molecule has 3 atom stereocenters. The standard InChI is InChI=1S/C32H39ClN6O6/c1-7-32(8-2,31(43)38-44-6)27-15-13-24(21-10-9-11-22(33)17-21)39(27)30(42)20(5)35-28(40)23-12-14-25(19(4)34-23)45-26-16-18(3)36-37-29(26)41/h9-12,14,16-17,20,24,27H,7-8,13,15H2,1-6H3,(H,35,40)(H,37,41)(H,38,43)/t20-,24+,27-/m1/s1. The number of nitrogens with one attached hydrogen (secondary N) is 3. The smallest absolute Gasteiger partial charge is 0.307 e. The first-order chi connectivity index (χ1) is 21.4. The van der Waals surface area contributed by atoms with Crippen LogP contribution in [0, 0.1) is 19.3 Å². The Kier molecular flexibility index (Phi) is 10.6. The van der Waals surface area contributed by atoms with Gasteiger partial charge >= 0.3 is 5.56 Å². The van der Waals surface area contributed by atoms with Crippen LogP contribution >= 0.6 is 11.6 Å². The Morgan fingerprint density at radius 1 is 1.11 bits per heavy atom. The maximum Gasteiger partial charge on any atom is 0.307 e. The second-order valence-electron chi connectivity index (χ2n) is 11.2. The lowest BCUT2D eigenvalue weighted by molar-refractivity contribution is -0.151. The molecule has 1 saturated heterocycles. The van der Waals surface area contributed by atoms with Crippen LogP contribution in [0.25, 0.3) is 0 Å². The molecule has 0 spiro atoms. The number of hydroxylamine groups is 1. The number of pyridine rings is 1. The number of rotatable bonds is 11. The van der Waals surface area contributed by atoms with Crippen molar-refractivity contribution in [3.05, 3.63) is 80.5 Å². The molecule has 0 aliphatic carbocycles. The Labute approximate surface area is 266 Å². The summed E-state index contributed by atoms with van der Waals surface area (Å²) in [6.45, 7) is 8.82. The zero-order valence-electron chi connectivity index (χ0n) is 26.3. The minimum Gasteiger partial charge on any atom is -0.450 e. The maximum absolute atomic E-state index is 14.3. The number of amides is 3. The Morgan fingerprint density at radius 3 is 2.49 bits per heavy atom. The molecule has 3 N–H and O–H groups in total. The van der Waals surface area contributed by atoms with Crippen molar-refractivity contribution in [1.82, 2.24) is 30.9 Å². The number of aromatic amines is 1. The predicted octanol–water partition coefficient (Wildman–Crippen LogP) is 4.56. The predicted molar refractivity (Wildman–Crippen MR) is 168 cm³/mol. The third-order valence-corrected chi connectivity index (χ3v) is 8.76. The number of likely N-dealkylation sites (tertiary alicyclic amines) is 1. The molecule has 3 heterocycles. The summed E-state index contributed by atoms with van der Waals surface area (Å²) in [7, 11) is 1.38. The van der Waals surface area contributed by atoms with E-state index >= 15 is 0 Å². The number of aromatic nitrogens is 3. The van der Waals surface area contributed by atoms with Gasteiger partial charge in [0.25, 0.3) is 11.8 Å². The average molecular weight is 639 g/mol. The summed E-state index contributed by atoms with van der Waals surface area (Å²) in [5.41, 5.74) is 2.93. The number of aryl methyl sites for hydroxylation is 2. The molecular formula is C32H39ClN6O6. The number of nitrogens with zero attached hydrogens (tertiary/aromatic N) is 3. The molecule has 4 rings (SSSR count). The summed E-state index contributed by atoms with van der Waals surface area (Å²) in [4.78, 5) is 64.2. The quantitative estimate of drug-likeness (QED) is 0.258. The van der Waals surface area contributed by atoms with E-state index in [1.165, 1.54) is 25.3 Å². The molecule has 12 nitrogen and oxygen atoms in total. The van der Waals surface area contributed by atoms with Gasteiger partial charge in [0.15, 0.2) is 5.75 Å². The number of ether oxygens (including phenoxy) is 1. The maximum atomic E-state index is 14.3. The van der Waals surface area contributed by atoms with Gasteiger partial charge in [0.2, 0.25) is 5.91 Å². The van der Waals surface area contributed by atoms with Crippen molar-refractivity contribution in [2.45, 2.75) is 78.4 Å². The Hall–Kier alpha value is -4.29. The zero-order valence-corrected chi connectivity index (χ0v) is 27.0. The monoisotopic (exact) mass is 638 g/mol. The topological polar surface area (TPSA) is 156 Å². The molecule has 2 aromatic heterocycles. The van der Waals surface area contributed by atoms with E-state index < -0.39 is 29.0 Å². The molecule has 1 fully saturated rings. The van der Waals surface area contributed by atoms with Gasteiger partial charge in [0.1, 0.15) is 17.5 Å². The zero-order chi connectivity index (χ0) is 32.9. The molecule has 3 amide bonds. The van der Waals surface area contributed by atoms with Crippen molar-refractivity contribution < 1.29 is 24.0 Å². The molecule has 3 aromatic rings. The summed E-state index contributed by atoms with van der Waals surface area (Å²) in [5, 5.41) is 9.51. The first-order valence-electron chi connectivity index (χ1n) is 14.9. The van der Waals surface area contributed by atoms with Gasteiger partial charge in [-0.2, -0.15) is 5.10 Å². The van der Waals surface area contributed by atoms with E-state index in [9.17, 15) is 19.2 Å². The average Bonchev–Trinajstić information content (AvgIpc) is 3.46. The van der Waals surface area contributed by atoms with Crippen LogP contribution in [0.2, 0.25) is 5.02 Å². The van der Waals surface area contributed by atoms with Gasteiger partial charge in [0.05, 0.1) is 30.0 Å². The SMILES string of the molecule is CCC(CC)(C(=O)NOC)[C@H]1CC[C@@H](c2cccc(Cl)c2)N1C(=O)[C@@H](C)NC(=O)c1ccc(Oc2cc(C)n[nH]c2=O)c(C)n1. The van der Waals surface area contributed by atoms with Crippen LogP contribution in [0.1, 0.15) is 79.9 Å². The number of benzene rings is 1. The lowest BCUT2D eigenvalue weighted by Gasteiger charge is -2.43. The van der Waals surface area contributed by atoms with Crippen LogP contribution in [0.4, 0.5) is 0 Å². The highest BCUT2D eigenvalue weighted by molar-refractivity contribution is 6.30. The number of H-pyrrole nitrogens is 1. The van der Waals surface area contributed by atoms with E-state index in [0.29, 0.717) is 47.8 Å². The minimum absolute atomic E-state index is 0.0488. The Morgan fingerprint density at radius 2 is 1.84 bits per heavy atom. The molecule has 0 unspecified atom stereocenters. The summed E-state index contributed by atoms with van der Waals surface area (Å²) < 4.78 is 5.72. The Bertz CT molecular complexity index is 1620. The lowest BCUT2D eigenvalue weighted by atomic mass is 9.73. The third kappa shape index (κ3) is 7.02. The van der Waals surface area contributed by atoms with Crippen LogP contribution in [0.3, 0.4) is 0 Å².